The van der Waals surface area contributed by atoms with Crippen molar-refractivity contribution in [2.45, 2.75) is 44.9 Å². The molecule has 0 aromatic heterocycles. The maximum atomic E-state index is 11.8. The van der Waals surface area contributed by atoms with Crippen LogP contribution in [0, 0.1) is 0 Å². The van der Waals surface area contributed by atoms with Gasteiger partial charge in [-0.15, -0.1) is 0 Å². The number of amides is 1. The summed E-state index contributed by atoms with van der Waals surface area (Å²) in [6.07, 6.45) is 10.5. The molecule has 1 saturated heterocycles. The summed E-state index contributed by atoms with van der Waals surface area (Å²) in [7, 11) is 1.26. The van der Waals surface area contributed by atoms with Gasteiger partial charge in [0.1, 0.15) is 10.1 Å². The van der Waals surface area contributed by atoms with E-state index >= 15 is 0 Å². The van der Waals surface area contributed by atoms with E-state index in [4.69, 9.17) is 17.0 Å². The molecule has 1 aliphatic heterocycles. The number of rotatable bonds is 11. The van der Waals surface area contributed by atoms with Crippen LogP contribution in [0.1, 0.15) is 44.9 Å². The number of unbranched alkanes of at least 4 members (excludes halogenated alkanes) is 3. The van der Waals surface area contributed by atoms with Crippen molar-refractivity contribution < 1.29 is 19.1 Å². The molecule has 31 heavy (non-hydrogen) atoms. The lowest BCUT2D eigenvalue weighted by Gasteiger charge is -2.28. The van der Waals surface area contributed by atoms with E-state index in [1.807, 2.05) is 23.9 Å². The summed E-state index contributed by atoms with van der Waals surface area (Å²) < 4.78 is 11.3. The molecule has 0 radical (unpaired) electrons. The molecule has 1 aliphatic rings. The Balaban J connectivity index is 1.55. The first-order valence-electron chi connectivity index (χ1n) is 10.8. The van der Waals surface area contributed by atoms with Crippen LogP contribution >= 0.6 is 24.0 Å². The number of carbonyl (C=O) groups excluding carboxylic acids is 2. The van der Waals surface area contributed by atoms with Crippen molar-refractivity contribution in [2.75, 3.05) is 37.9 Å². The van der Waals surface area contributed by atoms with Gasteiger partial charge < -0.3 is 19.7 Å². The van der Waals surface area contributed by atoms with Crippen molar-refractivity contribution in [1.29, 1.82) is 0 Å². The molecule has 0 atom stereocenters. The minimum absolute atomic E-state index is 0.403. The third-order valence-corrected chi connectivity index (χ3v) is 6.43. The standard InChI is InChI=1S/C23H32N2O4S2/c1-28-22(27)13-12-21(26)24-19-10-9-11-20(18-19)29-16-7-2-3-8-17-31-23(30)25-14-5-4-6-15-25/h9-13,18H,2-8,14-17H2,1H3,(H,24,26)/b13-12+. The second kappa shape index (κ2) is 14.9. The predicted molar refractivity (Wildman–Crippen MR) is 131 cm³/mol. The maximum absolute atomic E-state index is 11.8. The average molecular weight is 465 g/mol. The van der Waals surface area contributed by atoms with Crippen molar-refractivity contribution in [1.82, 2.24) is 4.90 Å². The number of nitrogens with zero attached hydrogens (tertiary/aromatic N) is 1. The van der Waals surface area contributed by atoms with E-state index in [1.54, 1.807) is 12.1 Å². The molecule has 0 unspecified atom stereocenters. The molecule has 1 N–H and O–H groups in total. The monoisotopic (exact) mass is 464 g/mol. The number of likely N-dealkylation sites (tertiary alicyclic amines) is 1. The molecule has 6 nitrogen and oxygen atoms in total. The molecular weight excluding hydrogens is 432 g/mol. The van der Waals surface area contributed by atoms with Crippen molar-refractivity contribution in [3.05, 3.63) is 36.4 Å². The van der Waals surface area contributed by atoms with Gasteiger partial charge in [0.25, 0.3) is 0 Å². The second-order valence-electron chi connectivity index (χ2n) is 7.30. The fourth-order valence-electron chi connectivity index (χ4n) is 3.13. The highest BCUT2D eigenvalue weighted by Gasteiger charge is 2.13. The molecule has 170 valence electrons. The number of benzene rings is 1. The Morgan fingerprint density at radius 2 is 1.90 bits per heavy atom. The highest BCUT2D eigenvalue weighted by atomic mass is 32.2. The lowest BCUT2D eigenvalue weighted by Crippen LogP contribution is -2.32. The molecule has 8 heteroatoms. The average Bonchev–Trinajstić information content (AvgIpc) is 2.79. The smallest absolute Gasteiger partial charge is 0.330 e. The fraction of sp³-hybridized carbons (Fsp3) is 0.522. The Hall–Kier alpha value is -2.06. The SMILES string of the molecule is COC(=O)/C=C/C(=O)Nc1cccc(OCCCCCCSC(=S)N2CCCCC2)c1. The number of anilines is 1. The first kappa shape index (κ1) is 25.2. The Kier molecular flexibility index (Phi) is 12.1. The first-order valence-corrected chi connectivity index (χ1v) is 12.2. The third kappa shape index (κ3) is 10.7. The van der Waals surface area contributed by atoms with Crippen molar-refractivity contribution in [2.24, 2.45) is 0 Å². The van der Waals surface area contributed by atoms with E-state index in [-0.39, 0.29) is 0 Å². The van der Waals surface area contributed by atoms with Crippen molar-refractivity contribution >= 4 is 45.9 Å². The Labute approximate surface area is 194 Å². The van der Waals surface area contributed by atoms with Crippen LogP contribution in [0.2, 0.25) is 0 Å². The van der Waals surface area contributed by atoms with Gasteiger partial charge in [0.15, 0.2) is 0 Å². The van der Waals surface area contributed by atoms with Crippen molar-refractivity contribution in [3.8, 4) is 5.75 Å². The van der Waals surface area contributed by atoms with Crippen LogP contribution in [0.5, 0.6) is 5.75 Å². The van der Waals surface area contributed by atoms with Crippen LogP contribution in [-0.4, -0.2) is 53.7 Å². The molecule has 1 amide bonds. The van der Waals surface area contributed by atoms with Crippen LogP contribution in [-0.2, 0) is 14.3 Å². The van der Waals surface area contributed by atoms with Crippen LogP contribution in [0.15, 0.2) is 36.4 Å². The summed E-state index contributed by atoms with van der Waals surface area (Å²) in [4.78, 5) is 25.2. The maximum Gasteiger partial charge on any atom is 0.330 e. The highest BCUT2D eigenvalue weighted by molar-refractivity contribution is 8.22. The van der Waals surface area contributed by atoms with E-state index in [2.05, 4.69) is 15.0 Å². The van der Waals surface area contributed by atoms with Gasteiger partial charge in [-0.25, -0.2) is 4.79 Å². The minimum atomic E-state index is -0.574. The van der Waals surface area contributed by atoms with Gasteiger partial charge in [-0.1, -0.05) is 42.9 Å². The predicted octanol–water partition coefficient (Wildman–Crippen LogP) is 4.80. The molecule has 1 heterocycles. The number of methoxy groups -OCH3 is 1. The largest absolute Gasteiger partial charge is 0.494 e. The molecule has 1 aromatic carbocycles. The molecule has 0 aliphatic carbocycles. The molecule has 0 bridgehead atoms. The Morgan fingerprint density at radius 3 is 2.68 bits per heavy atom. The summed E-state index contributed by atoms with van der Waals surface area (Å²) >= 11 is 7.35. The number of hydrogen-bond acceptors (Lipinski definition) is 6. The summed E-state index contributed by atoms with van der Waals surface area (Å²) in [5, 5.41) is 2.69. The number of esters is 1. The fourth-order valence-corrected chi connectivity index (χ4v) is 4.46. The molecular formula is C23H32N2O4S2. The zero-order valence-corrected chi connectivity index (χ0v) is 19.8. The molecule has 0 spiro atoms. The Morgan fingerprint density at radius 1 is 1.13 bits per heavy atom. The van der Waals surface area contributed by atoms with Gasteiger partial charge in [-0.3, -0.25) is 4.79 Å². The van der Waals surface area contributed by atoms with Gasteiger partial charge in [-0.05, 0) is 44.2 Å². The molecule has 0 saturated carbocycles. The van der Waals surface area contributed by atoms with E-state index in [9.17, 15) is 9.59 Å². The van der Waals surface area contributed by atoms with Crippen LogP contribution in [0.3, 0.4) is 0 Å². The first-order chi connectivity index (χ1) is 15.1. The van der Waals surface area contributed by atoms with E-state index in [0.717, 1.165) is 48.2 Å². The lowest BCUT2D eigenvalue weighted by atomic mass is 10.1. The number of ether oxygens (including phenoxy) is 2. The van der Waals surface area contributed by atoms with Gasteiger partial charge >= 0.3 is 5.97 Å². The quantitative estimate of drug-likeness (QED) is 0.218. The van der Waals surface area contributed by atoms with Crippen LogP contribution in [0.25, 0.3) is 0 Å². The normalized spacial score (nSPS) is 13.8. The number of thiocarbonyl (C=S) groups is 1. The summed E-state index contributed by atoms with van der Waals surface area (Å²) in [6, 6.07) is 7.21. The number of carbonyl (C=O) groups is 2. The second-order valence-corrected chi connectivity index (χ2v) is 9.03. The van der Waals surface area contributed by atoms with Crippen LogP contribution in [0.4, 0.5) is 5.69 Å². The summed E-state index contributed by atoms with van der Waals surface area (Å²) in [5.74, 6) is 0.815. The van der Waals surface area contributed by atoms with E-state index in [0.29, 0.717) is 18.0 Å². The number of thioether (sulfide) groups is 1. The van der Waals surface area contributed by atoms with E-state index in [1.165, 1.54) is 39.2 Å². The Bertz CT molecular complexity index is 749. The zero-order valence-electron chi connectivity index (χ0n) is 18.1. The molecule has 1 fully saturated rings. The molecule has 1 aromatic rings. The topological polar surface area (TPSA) is 67.9 Å². The zero-order chi connectivity index (χ0) is 22.3. The van der Waals surface area contributed by atoms with E-state index < -0.39 is 11.9 Å². The molecule has 2 rings (SSSR count). The number of nitrogens with one attached hydrogen (secondary N) is 1. The van der Waals surface area contributed by atoms with Crippen molar-refractivity contribution in [3.63, 3.8) is 0 Å². The van der Waals surface area contributed by atoms with Gasteiger partial charge in [0.05, 0.1) is 13.7 Å². The van der Waals surface area contributed by atoms with Gasteiger partial charge in [0, 0.05) is 42.7 Å². The lowest BCUT2D eigenvalue weighted by molar-refractivity contribution is -0.135. The van der Waals surface area contributed by atoms with Gasteiger partial charge in [-0.2, -0.15) is 0 Å². The van der Waals surface area contributed by atoms with Gasteiger partial charge in [0.2, 0.25) is 5.91 Å². The minimum Gasteiger partial charge on any atom is -0.494 e. The van der Waals surface area contributed by atoms with Crippen LogP contribution < -0.4 is 10.1 Å². The number of piperidine rings is 1. The highest BCUT2D eigenvalue weighted by Crippen LogP contribution is 2.19. The number of hydrogen-bond donors (Lipinski definition) is 1. The summed E-state index contributed by atoms with van der Waals surface area (Å²) in [5.41, 5.74) is 0.610. The summed E-state index contributed by atoms with van der Waals surface area (Å²) in [6.45, 7) is 2.88. The third-order valence-electron chi connectivity index (χ3n) is 4.82.